The molecule has 2 nitrogen and oxygen atoms in total. The van der Waals surface area contributed by atoms with Crippen LogP contribution in [0.1, 0.15) is 25.8 Å². The van der Waals surface area contributed by atoms with Crippen molar-refractivity contribution in [3.8, 4) is 5.75 Å². The van der Waals surface area contributed by atoms with E-state index in [4.69, 9.17) is 4.74 Å². The van der Waals surface area contributed by atoms with Crippen LogP contribution < -0.4 is 10.1 Å². The van der Waals surface area contributed by atoms with Gasteiger partial charge in [0.1, 0.15) is 0 Å². The monoisotopic (exact) mass is 251 g/mol. The lowest BCUT2D eigenvalue weighted by atomic mass is 10.2. The van der Waals surface area contributed by atoms with E-state index in [1.165, 1.54) is 13.2 Å². The van der Waals surface area contributed by atoms with E-state index >= 15 is 0 Å². The van der Waals surface area contributed by atoms with Gasteiger partial charge in [0.15, 0.2) is 11.6 Å². The Morgan fingerprint density at radius 1 is 1.39 bits per heavy atom. The van der Waals surface area contributed by atoms with Gasteiger partial charge in [-0.2, -0.15) is 0 Å². The van der Waals surface area contributed by atoms with Gasteiger partial charge in [-0.05, 0) is 43.1 Å². The Balaban J connectivity index is 2.36. The number of nitrogens with one attached hydrogen (secondary N) is 1. The van der Waals surface area contributed by atoms with Gasteiger partial charge in [-0.25, -0.2) is 4.39 Å². The molecule has 100 valence electrons. The van der Waals surface area contributed by atoms with Gasteiger partial charge in [-0.1, -0.05) is 32.1 Å². The molecule has 0 bridgehead atoms. The average molecular weight is 251 g/mol. The minimum Gasteiger partial charge on any atom is -0.494 e. The molecule has 18 heavy (non-hydrogen) atoms. The maximum absolute atomic E-state index is 13.4. The maximum Gasteiger partial charge on any atom is 0.165 e. The molecule has 0 aliphatic heterocycles. The van der Waals surface area contributed by atoms with Crippen LogP contribution in [0, 0.1) is 11.7 Å². The number of hydrogen-bond acceptors (Lipinski definition) is 2. The van der Waals surface area contributed by atoms with Crippen molar-refractivity contribution in [3.05, 3.63) is 35.7 Å². The van der Waals surface area contributed by atoms with Gasteiger partial charge in [-0.15, -0.1) is 0 Å². The molecule has 1 rings (SSSR count). The van der Waals surface area contributed by atoms with Crippen LogP contribution in [-0.4, -0.2) is 20.2 Å². The van der Waals surface area contributed by atoms with E-state index in [1.54, 1.807) is 6.07 Å². The number of rotatable bonds is 7. The van der Waals surface area contributed by atoms with Crippen molar-refractivity contribution >= 4 is 6.08 Å². The SMILES string of the molecule is COc1ccc(C=CCCNCC(C)C)cc1F. The minimum atomic E-state index is -0.322. The van der Waals surface area contributed by atoms with Crippen molar-refractivity contribution in [3.63, 3.8) is 0 Å². The van der Waals surface area contributed by atoms with Gasteiger partial charge in [0.05, 0.1) is 7.11 Å². The Morgan fingerprint density at radius 3 is 2.78 bits per heavy atom. The van der Waals surface area contributed by atoms with Gasteiger partial charge in [0.2, 0.25) is 0 Å². The Kier molecular flexibility index (Phi) is 6.44. The lowest BCUT2D eigenvalue weighted by Gasteiger charge is -2.05. The van der Waals surface area contributed by atoms with E-state index in [1.807, 2.05) is 12.1 Å². The molecule has 0 fully saturated rings. The van der Waals surface area contributed by atoms with Gasteiger partial charge in [0.25, 0.3) is 0 Å². The first-order valence-electron chi connectivity index (χ1n) is 6.34. The quantitative estimate of drug-likeness (QED) is 0.749. The molecule has 1 N–H and O–H groups in total. The summed E-state index contributed by atoms with van der Waals surface area (Å²) < 4.78 is 18.3. The molecule has 1 aromatic carbocycles. The summed E-state index contributed by atoms with van der Waals surface area (Å²) in [7, 11) is 1.47. The van der Waals surface area contributed by atoms with Crippen LogP contribution in [0.15, 0.2) is 24.3 Å². The van der Waals surface area contributed by atoms with Crippen molar-refractivity contribution in [2.24, 2.45) is 5.92 Å². The summed E-state index contributed by atoms with van der Waals surface area (Å²) in [5.41, 5.74) is 0.858. The van der Waals surface area contributed by atoms with E-state index in [2.05, 4.69) is 25.2 Å². The molecule has 0 heterocycles. The Morgan fingerprint density at radius 2 is 2.17 bits per heavy atom. The van der Waals surface area contributed by atoms with Crippen molar-refractivity contribution < 1.29 is 9.13 Å². The number of halogens is 1. The average Bonchev–Trinajstić information content (AvgIpc) is 2.33. The summed E-state index contributed by atoms with van der Waals surface area (Å²) >= 11 is 0. The largest absolute Gasteiger partial charge is 0.494 e. The molecule has 0 amide bonds. The third kappa shape index (κ3) is 5.32. The molecule has 0 spiro atoms. The van der Waals surface area contributed by atoms with Gasteiger partial charge in [-0.3, -0.25) is 0 Å². The normalized spacial score (nSPS) is 11.4. The van der Waals surface area contributed by atoms with Gasteiger partial charge >= 0.3 is 0 Å². The molecule has 0 saturated carbocycles. The van der Waals surface area contributed by atoms with Crippen molar-refractivity contribution in [2.75, 3.05) is 20.2 Å². The number of hydrogen-bond donors (Lipinski definition) is 1. The zero-order valence-electron chi connectivity index (χ0n) is 11.4. The van der Waals surface area contributed by atoms with E-state index in [-0.39, 0.29) is 11.6 Å². The van der Waals surface area contributed by atoms with E-state index in [0.717, 1.165) is 25.1 Å². The lowest BCUT2D eigenvalue weighted by molar-refractivity contribution is 0.386. The molecule has 1 aromatic rings. The fourth-order valence-corrected chi connectivity index (χ4v) is 1.58. The summed E-state index contributed by atoms with van der Waals surface area (Å²) in [6, 6.07) is 4.98. The van der Waals surface area contributed by atoms with Crippen LogP contribution in [0.25, 0.3) is 6.08 Å². The van der Waals surface area contributed by atoms with E-state index in [0.29, 0.717) is 5.92 Å². The topological polar surface area (TPSA) is 21.3 Å². The predicted molar refractivity (Wildman–Crippen MR) is 74.3 cm³/mol. The zero-order chi connectivity index (χ0) is 13.4. The second-order valence-electron chi connectivity index (χ2n) is 4.68. The van der Waals surface area contributed by atoms with Crippen LogP contribution in [0.5, 0.6) is 5.75 Å². The summed E-state index contributed by atoms with van der Waals surface area (Å²) in [6.07, 6.45) is 4.93. The predicted octanol–water partition coefficient (Wildman–Crippen LogP) is 3.48. The second kappa shape index (κ2) is 7.88. The summed E-state index contributed by atoms with van der Waals surface area (Å²) in [6.45, 7) is 6.35. The first-order valence-corrected chi connectivity index (χ1v) is 6.34. The first kappa shape index (κ1) is 14.7. The molecule has 0 radical (unpaired) electrons. The molecule has 0 aliphatic carbocycles. The van der Waals surface area contributed by atoms with Crippen LogP contribution in [0.2, 0.25) is 0 Å². The Hall–Kier alpha value is -1.35. The molecule has 0 atom stereocenters. The third-order valence-electron chi connectivity index (χ3n) is 2.53. The molecule has 3 heteroatoms. The summed E-state index contributed by atoms with van der Waals surface area (Å²) in [5.74, 6) is 0.632. The standard InChI is InChI=1S/C15H22FNO/c1-12(2)11-17-9-5-4-6-13-7-8-15(18-3)14(16)10-13/h4,6-8,10,12,17H,5,9,11H2,1-3H3. The van der Waals surface area contributed by atoms with Crippen molar-refractivity contribution in [1.82, 2.24) is 5.32 Å². The highest BCUT2D eigenvalue weighted by Gasteiger charge is 2.00. The number of ether oxygens (including phenoxy) is 1. The molecule has 0 aromatic heterocycles. The highest BCUT2D eigenvalue weighted by Crippen LogP contribution is 2.18. The van der Waals surface area contributed by atoms with E-state index < -0.39 is 0 Å². The fourth-order valence-electron chi connectivity index (χ4n) is 1.58. The van der Waals surface area contributed by atoms with Crippen LogP contribution in [-0.2, 0) is 0 Å². The summed E-state index contributed by atoms with van der Waals surface area (Å²) in [4.78, 5) is 0. The highest BCUT2D eigenvalue weighted by molar-refractivity contribution is 5.50. The van der Waals surface area contributed by atoms with Gasteiger partial charge < -0.3 is 10.1 Å². The molecule has 0 unspecified atom stereocenters. The summed E-state index contributed by atoms with van der Waals surface area (Å²) in [5, 5.41) is 3.36. The highest BCUT2D eigenvalue weighted by atomic mass is 19.1. The fraction of sp³-hybridized carbons (Fsp3) is 0.467. The molecular weight excluding hydrogens is 229 g/mol. The van der Waals surface area contributed by atoms with Crippen molar-refractivity contribution in [1.29, 1.82) is 0 Å². The smallest absolute Gasteiger partial charge is 0.165 e. The second-order valence-corrected chi connectivity index (χ2v) is 4.68. The molecular formula is C15H22FNO. The molecule has 0 saturated heterocycles. The Bertz CT molecular complexity index is 388. The van der Waals surface area contributed by atoms with Crippen LogP contribution >= 0.6 is 0 Å². The number of methoxy groups -OCH3 is 1. The first-order chi connectivity index (χ1) is 8.63. The maximum atomic E-state index is 13.4. The Labute approximate surface area is 109 Å². The minimum absolute atomic E-state index is 0.283. The van der Waals surface area contributed by atoms with Crippen molar-refractivity contribution in [2.45, 2.75) is 20.3 Å². The molecule has 0 aliphatic rings. The zero-order valence-corrected chi connectivity index (χ0v) is 11.4. The number of benzene rings is 1. The van der Waals surface area contributed by atoms with E-state index in [9.17, 15) is 4.39 Å². The third-order valence-corrected chi connectivity index (χ3v) is 2.53. The van der Waals surface area contributed by atoms with Gasteiger partial charge in [0, 0.05) is 0 Å². The lowest BCUT2D eigenvalue weighted by Crippen LogP contribution is -2.20. The van der Waals surface area contributed by atoms with Crippen LogP contribution in [0.3, 0.4) is 0 Å². The van der Waals surface area contributed by atoms with Crippen LogP contribution in [0.4, 0.5) is 4.39 Å².